The second-order valence-corrected chi connectivity index (χ2v) is 8.19. The fourth-order valence-corrected chi connectivity index (χ4v) is 4.97. The van der Waals surface area contributed by atoms with Crippen molar-refractivity contribution >= 4 is 28.2 Å². The fourth-order valence-electron chi connectivity index (χ4n) is 4.47. The van der Waals surface area contributed by atoms with Crippen LogP contribution in [-0.2, 0) is 0 Å². The molecular weight excluding hydrogens is 320 g/mol. The van der Waals surface area contributed by atoms with E-state index in [4.69, 9.17) is 12.2 Å². The molecule has 0 aliphatic heterocycles. The molecule has 0 aromatic heterocycles. The molecular formula is C20H20OS2. The molecule has 2 aromatic rings. The number of rotatable bonds is 3. The van der Waals surface area contributed by atoms with Crippen molar-refractivity contribution in [1.29, 1.82) is 0 Å². The lowest BCUT2D eigenvalue weighted by atomic mass is 9.58. The Bertz CT molecular complexity index is 707. The van der Waals surface area contributed by atoms with E-state index < -0.39 is 0 Å². The number of hydrogen-bond acceptors (Lipinski definition) is 3. The van der Waals surface area contributed by atoms with Crippen LogP contribution in [0.25, 0.3) is 0 Å². The summed E-state index contributed by atoms with van der Waals surface area (Å²) in [5, 5.41) is 10.8. The highest BCUT2D eigenvalue weighted by Crippen LogP contribution is 2.56. The number of aliphatic hydroxyl groups excluding tert-OH is 1. The van der Waals surface area contributed by atoms with Crippen molar-refractivity contribution < 1.29 is 5.11 Å². The summed E-state index contributed by atoms with van der Waals surface area (Å²) in [6.07, 6.45) is 3.28. The highest BCUT2D eigenvalue weighted by Gasteiger charge is 2.45. The highest BCUT2D eigenvalue weighted by atomic mass is 32.2. The second-order valence-electron chi connectivity index (χ2n) is 6.54. The molecule has 0 spiro atoms. The van der Waals surface area contributed by atoms with Gasteiger partial charge in [0.05, 0.1) is 10.3 Å². The third kappa shape index (κ3) is 2.46. The molecule has 0 fully saturated rings. The lowest BCUT2D eigenvalue weighted by molar-refractivity contribution is 0.0880. The lowest BCUT2D eigenvalue weighted by Gasteiger charge is -2.47. The minimum absolute atomic E-state index is 0.259. The normalized spacial score (nSPS) is 25.6. The zero-order valence-corrected chi connectivity index (χ0v) is 14.7. The van der Waals surface area contributed by atoms with Gasteiger partial charge in [-0.1, -0.05) is 60.7 Å². The first-order valence-electron chi connectivity index (χ1n) is 8.13. The van der Waals surface area contributed by atoms with Gasteiger partial charge in [0, 0.05) is 18.3 Å². The summed E-state index contributed by atoms with van der Waals surface area (Å²) < 4.78 is 0.903. The Morgan fingerprint density at radius 3 is 2.13 bits per heavy atom. The first kappa shape index (κ1) is 15.4. The maximum Gasteiger partial charge on any atom is 0.0631 e. The van der Waals surface area contributed by atoms with E-state index in [-0.39, 0.29) is 12.0 Å². The molecule has 1 nitrogen and oxygen atoms in total. The van der Waals surface area contributed by atoms with Gasteiger partial charge in [-0.25, -0.2) is 0 Å². The summed E-state index contributed by atoms with van der Waals surface area (Å²) in [7, 11) is 0. The van der Waals surface area contributed by atoms with Crippen LogP contribution in [0.5, 0.6) is 0 Å². The standard InChI is InChI=1S/C20H20OS2/c1-23-19(22)11-18(21)17-10-16-12-6-2-4-8-14(12)20(17)15-9-5-3-7-13(15)16/h2-9,16-18,20-21H,10-11H2,1H3/t16?,17-,18-,20?/m1/s1. The lowest BCUT2D eigenvalue weighted by Crippen LogP contribution is -2.38. The van der Waals surface area contributed by atoms with Crippen LogP contribution in [0.4, 0.5) is 0 Å². The zero-order chi connectivity index (χ0) is 16.0. The number of hydrogen-bond donors (Lipinski definition) is 1. The summed E-state index contributed by atoms with van der Waals surface area (Å²) in [6, 6.07) is 17.5. The molecule has 0 heterocycles. The van der Waals surface area contributed by atoms with Crippen molar-refractivity contribution in [3.63, 3.8) is 0 Å². The largest absolute Gasteiger partial charge is 0.392 e. The molecule has 5 rings (SSSR count). The van der Waals surface area contributed by atoms with E-state index in [1.165, 1.54) is 22.3 Å². The monoisotopic (exact) mass is 340 g/mol. The first-order valence-corrected chi connectivity index (χ1v) is 9.76. The SMILES string of the molecule is CSC(=S)C[C@@H](O)[C@H]1CC2c3ccccc3C1c1ccccc12. The maximum atomic E-state index is 10.8. The van der Waals surface area contributed by atoms with Gasteiger partial charge in [0.1, 0.15) is 0 Å². The van der Waals surface area contributed by atoms with E-state index in [2.05, 4.69) is 48.5 Å². The molecule has 0 unspecified atom stereocenters. The van der Waals surface area contributed by atoms with Crippen molar-refractivity contribution in [1.82, 2.24) is 0 Å². The number of benzene rings is 2. The fraction of sp³-hybridized carbons (Fsp3) is 0.350. The number of aliphatic hydroxyl groups is 1. The average Bonchev–Trinajstić information content (AvgIpc) is 2.61. The van der Waals surface area contributed by atoms with Crippen molar-refractivity contribution in [2.45, 2.75) is 30.8 Å². The number of thioether (sulfide) groups is 1. The third-order valence-electron chi connectivity index (χ3n) is 5.45. The zero-order valence-electron chi connectivity index (χ0n) is 13.1. The van der Waals surface area contributed by atoms with Gasteiger partial charge in [0.25, 0.3) is 0 Å². The van der Waals surface area contributed by atoms with Crippen LogP contribution in [0.1, 0.15) is 46.9 Å². The van der Waals surface area contributed by atoms with E-state index in [0.29, 0.717) is 18.3 Å². The van der Waals surface area contributed by atoms with E-state index in [0.717, 1.165) is 10.6 Å². The predicted octanol–water partition coefficient (Wildman–Crippen LogP) is 4.73. The van der Waals surface area contributed by atoms with Crippen LogP contribution in [0, 0.1) is 5.92 Å². The quantitative estimate of drug-likeness (QED) is 0.816. The average molecular weight is 341 g/mol. The first-order chi connectivity index (χ1) is 11.2. The molecule has 0 saturated carbocycles. The van der Waals surface area contributed by atoms with Crippen LogP contribution in [0.3, 0.4) is 0 Å². The molecule has 2 bridgehead atoms. The van der Waals surface area contributed by atoms with Crippen LogP contribution in [0.15, 0.2) is 48.5 Å². The predicted molar refractivity (Wildman–Crippen MR) is 101 cm³/mol. The van der Waals surface area contributed by atoms with Crippen LogP contribution in [-0.4, -0.2) is 21.7 Å². The van der Waals surface area contributed by atoms with Gasteiger partial charge in [-0.3, -0.25) is 0 Å². The van der Waals surface area contributed by atoms with Gasteiger partial charge >= 0.3 is 0 Å². The van der Waals surface area contributed by atoms with E-state index in [1.807, 2.05) is 6.26 Å². The summed E-state index contributed by atoms with van der Waals surface area (Å²) in [4.78, 5) is 0. The summed E-state index contributed by atoms with van der Waals surface area (Å²) in [6.45, 7) is 0. The minimum atomic E-state index is -0.357. The van der Waals surface area contributed by atoms with E-state index >= 15 is 0 Å². The van der Waals surface area contributed by atoms with E-state index in [9.17, 15) is 5.11 Å². The van der Waals surface area contributed by atoms with Crippen LogP contribution >= 0.6 is 24.0 Å². The molecule has 23 heavy (non-hydrogen) atoms. The summed E-state index contributed by atoms with van der Waals surface area (Å²) >= 11 is 6.93. The summed E-state index contributed by atoms with van der Waals surface area (Å²) in [5.74, 6) is 0.969. The molecule has 118 valence electrons. The van der Waals surface area contributed by atoms with Crippen LogP contribution in [0.2, 0.25) is 0 Å². The van der Waals surface area contributed by atoms with E-state index in [1.54, 1.807) is 11.8 Å². The van der Waals surface area contributed by atoms with Crippen LogP contribution < -0.4 is 0 Å². The topological polar surface area (TPSA) is 20.2 Å². The molecule has 0 amide bonds. The third-order valence-corrected chi connectivity index (χ3v) is 6.74. The van der Waals surface area contributed by atoms with Crippen molar-refractivity contribution in [3.05, 3.63) is 70.8 Å². The molecule has 3 aliphatic carbocycles. The number of thiocarbonyl (C=S) groups is 1. The molecule has 3 heteroatoms. The van der Waals surface area contributed by atoms with Gasteiger partial charge in [-0.15, -0.1) is 11.8 Å². The Kier molecular flexibility index (Phi) is 4.04. The van der Waals surface area contributed by atoms with Crippen molar-refractivity contribution in [2.24, 2.45) is 5.92 Å². The minimum Gasteiger partial charge on any atom is -0.392 e. The van der Waals surface area contributed by atoms with Gasteiger partial charge in [0.15, 0.2) is 0 Å². The molecule has 1 N–H and O–H groups in total. The van der Waals surface area contributed by atoms with Crippen molar-refractivity contribution in [2.75, 3.05) is 6.26 Å². The van der Waals surface area contributed by atoms with Gasteiger partial charge in [-0.05, 0) is 40.8 Å². The Balaban J connectivity index is 1.78. The highest BCUT2D eigenvalue weighted by molar-refractivity contribution is 8.22. The van der Waals surface area contributed by atoms with Gasteiger partial charge < -0.3 is 5.11 Å². The summed E-state index contributed by atoms with van der Waals surface area (Å²) in [5.41, 5.74) is 5.71. The molecule has 2 aromatic carbocycles. The van der Waals surface area contributed by atoms with Gasteiger partial charge in [0.2, 0.25) is 0 Å². The Morgan fingerprint density at radius 1 is 1.09 bits per heavy atom. The second kappa shape index (κ2) is 6.04. The molecule has 3 aliphatic rings. The maximum absolute atomic E-state index is 10.8. The smallest absolute Gasteiger partial charge is 0.0631 e. The molecule has 0 radical (unpaired) electrons. The van der Waals surface area contributed by atoms with Crippen molar-refractivity contribution in [3.8, 4) is 0 Å². The molecule has 0 saturated heterocycles. The number of fused-ring (bicyclic) bond motifs is 1. The Morgan fingerprint density at radius 2 is 1.61 bits per heavy atom. The Labute approximate surface area is 147 Å². The van der Waals surface area contributed by atoms with Gasteiger partial charge in [-0.2, -0.15) is 0 Å². The Hall–Kier alpha value is -1.16. The molecule has 2 atom stereocenters.